The lowest BCUT2D eigenvalue weighted by molar-refractivity contribution is 0.0958. The number of benzene rings is 1. The van der Waals surface area contributed by atoms with Crippen LogP contribution in [0.2, 0.25) is 0 Å². The number of nitrogens with zero attached hydrogens (tertiary/aromatic N) is 2. The van der Waals surface area contributed by atoms with Gasteiger partial charge in [-0.05, 0) is 18.2 Å². The quantitative estimate of drug-likeness (QED) is 0.746. The Morgan fingerprint density at radius 2 is 2.27 bits per heavy atom. The summed E-state index contributed by atoms with van der Waals surface area (Å²) in [5, 5.41) is 10.8. The Balaban J connectivity index is 2.82. The standard InChI is InChI=1S/C11H13N3O/c1-14(2)10-5-3-4-9(8-10)11(15)13-7-6-12/h3-5,8H,7H2,1-2H3,(H,13,15). The van der Waals surface area contributed by atoms with Crippen LogP contribution >= 0.6 is 0 Å². The normalized spacial score (nSPS) is 9.13. The average Bonchev–Trinajstić information content (AvgIpc) is 2.26. The average molecular weight is 203 g/mol. The van der Waals surface area contributed by atoms with Crippen molar-refractivity contribution in [2.24, 2.45) is 0 Å². The first-order valence-electron chi connectivity index (χ1n) is 4.57. The molecule has 0 unspecified atom stereocenters. The fourth-order valence-corrected chi connectivity index (χ4v) is 1.15. The molecule has 0 saturated heterocycles. The lowest BCUT2D eigenvalue weighted by Crippen LogP contribution is -2.23. The molecule has 1 aromatic rings. The summed E-state index contributed by atoms with van der Waals surface area (Å²) in [6.45, 7) is 0.0328. The number of amides is 1. The van der Waals surface area contributed by atoms with E-state index in [0.29, 0.717) is 5.56 Å². The molecule has 0 aliphatic rings. The first-order valence-corrected chi connectivity index (χ1v) is 4.57. The van der Waals surface area contributed by atoms with Crippen molar-refractivity contribution in [3.63, 3.8) is 0 Å². The molecule has 1 rings (SSSR count). The summed E-state index contributed by atoms with van der Waals surface area (Å²) in [5.41, 5.74) is 1.52. The molecule has 0 atom stereocenters. The van der Waals surface area contributed by atoms with Gasteiger partial charge in [-0.25, -0.2) is 0 Å². The fourth-order valence-electron chi connectivity index (χ4n) is 1.15. The molecule has 1 N–H and O–H groups in total. The summed E-state index contributed by atoms with van der Waals surface area (Å²) < 4.78 is 0. The molecule has 4 heteroatoms. The number of hydrogen-bond donors (Lipinski definition) is 1. The number of carbonyl (C=O) groups excluding carboxylic acids is 1. The molecule has 0 bridgehead atoms. The number of carbonyl (C=O) groups is 1. The smallest absolute Gasteiger partial charge is 0.252 e. The van der Waals surface area contributed by atoms with Gasteiger partial charge in [0.15, 0.2) is 0 Å². The largest absolute Gasteiger partial charge is 0.378 e. The first kappa shape index (κ1) is 11.1. The topological polar surface area (TPSA) is 56.1 Å². The molecule has 0 saturated carbocycles. The van der Waals surface area contributed by atoms with Crippen molar-refractivity contribution in [2.75, 3.05) is 25.5 Å². The van der Waals surface area contributed by atoms with Gasteiger partial charge in [-0.1, -0.05) is 6.07 Å². The third kappa shape index (κ3) is 2.99. The van der Waals surface area contributed by atoms with Crippen molar-refractivity contribution in [3.8, 4) is 6.07 Å². The lowest BCUT2D eigenvalue weighted by atomic mass is 10.2. The van der Waals surface area contributed by atoms with Gasteiger partial charge in [-0.3, -0.25) is 4.79 Å². The first-order chi connectivity index (χ1) is 7.15. The molecule has 0 fully saturated rings. The van der Waals surface area contributed by atoms with Crippen LogP contribution < -0.4 is 10.2 Å². The zero-order valence-electron chi connectivity index (χ0n) is 8.82. The number of rotatable bonds is 3. The summed E-state index contributed by atoms with van der Waals surface area (Å²) in [6, 6.07) is 9.10. The summed E-state index contributed by atoms with van der Waals surface area (Å²) >= 11 is 0. The second kappa shape index (κ2) is 5.01. The van der Waals surface area contributed by atoms with E-state index in [4.69, 9.17) is 5.26 Å². The van der Waals surface area contributed by atoms with Crippen molar-refractivity contribution < 1.29 is 4.79 Å². The van der Waals surface area contributed by atoms with E-state index in [1.807, 2.05) is 37.2 Å². The summed E-state index contributed by atoms with van der Waals surface area (Å²) in [5.74, 6) is -0.222. The monoisotopic (exact) mass is 203 g/mol. The highest BCUT2D eigenvalue weighted by Gasteiger charge is 2.05. The Labute approximate surface area is 89.1 Å². The Morgan fingerprint density at radius 3 is 2.87 bits per heavy atom. The highest BCUT2D eigenvalue weighted by molar-refractivity contribution is 5.95. The van der Waals surface area contributed by atoms with Crippen molar-refractivity contribution in [1.29, 1.82) is 5.26 Å². The molecule has 0 radical (unpaired) electrons. The van der Waals surface area contributed by atoms with Gasteiger partial charge in [-0.2, -0.15) is 5.26 Å². The van der Waals surface area contributed by atoms with Crippen LogP contribution in [0.25, 0.3) is 0 Å². The zero-order chi connectivity index (χ0) is 11.3. The minimum atomic E-state index is -0.222. The summed E-state index contributed by atoms with van der Waals surface area (Å²) in [4.78, 5) is 13.4. The molecule has 15 heavy (non-hydrogen) atoms. The molecule has 0 aliphatic heterocycles. The van der Waals surface area contributed by atoms with E-state index in [9.17, 15) is 4.79 Å². The molecule has 78 valence electrons. The van der Waals surface area contributed by atoms with E-state index in [2.05, 4.69) is 5.32 Å². The van der Waals surface area contributed by atoms with E-state index in [1.54, 1.807) is 12.1 Å². The van der Waals surface area contributed by atoms with Crippen LogP contribution in [0.3, 0.4) is 0 Å². The minimum absolute atomic E-state index is 0.0328. The van der Waals surface area contributed by atoms with Gasteiger partial charge in [0.2, 0.25) is 0 Å². The molecule has 0 aromatic heterocycles. The van der Waals surface area contributed by atoms with E-state index in [0.717, 1.165) is 5.69 Å². The fraction of sp³-hybridized carbons (Fsp3) is 0.273. The van der Waals surface area contributed by atoms with Gasteiger partial charge in [0.25, 0.3) is 5.91 Å². The second-order valence-corrected chi connectivity index (χ2v) is 3.29. The van der Waals surface area contributed by atoms with Crippen molar-refractivity contribution in [1.82, 2.24) is 5.32 Å². The molecule has 1 amide bonds. The number of hydrogen-bond acceptors (Lipinski definition) is 3. The molecule has 0 heterocycles. The van der Waals surface area contributed by atoms with E-state index >= 15 is 0 Å². The Kier molecular flexibility index (Phi) is 3.69. The van der Waals surface area contributed by atoms with Crippen LogP contribution in [0.5, 0.6) is 0 Å². The minimum Gasteiger partial charge on any atom is -0.378 e. The third-order valence-corrected chi connectivity index (χ3v) is 1.95. The SMILES string of the molecule is CN(C)c1cccc(C(=O)NCC#N)c1. The lowest BCUT2D eigenvalue weighted by Gasteiger charge is -2.13. The Bertz CT molecular complexity index is 393. The van der Waals surface area contributed by atoms with Crippen molar-refractivity contribution in [3.05, 3.63) is 29.8 Å². The van der Waals surface area contributed by atoms with Crippen molar-refractivity contribution in [2.45, 2.75) is 0 Å². The number of nitriles is 1. The van der Waals surface area contributed by atoms with E-state index in [1.165, 1.54) is 0 Å². The van der Waals surface area contributed by atoms with Crippen LogP contribution in [0.15, 0.2) is 24.3 Å². The highest BCUT2D eigenvalue weighted by atomic mass is 16.1. The molecular weight excluding hydrogens is 190 g/mol. The van der Waals surface area contributed by atoms with Crippen LogP contribution in [-0.2, 0) is 0 Å². The van der Waals surface area contributed by atoms with Gasteiger partial charge < -0.3 is 10.2 Å². The molecular formula is C11H13N3O. The third-order valence-electron chi connectivity index (χ3n) is 1.95. The van der Waals surface area contributed by atoms with Crippen LogP contribution in [0.4, 0.5) is 5.69 Å². The van der Waals surface area contributed by atoms with Crippen LogP contribution in [0, 0.1) is 11.3 Å². The highest BCUT2D eigenvalue weighted by Crippen LogP contribution is 2.12. The summed E-state index contributed by atoms with van der Waals surface area (Å²) in [6.07, 6.45) is 0. The van der Waals surface area contributed by atoms with Crippen LogP contribution in [-0.4, -0.2) is 26.5 Å². The maximum absolute atomic E-state index is 11.5. The van der Waals surface area contributed by atoms with E-state index in [-0.39, 0.29) is 12.5 Å². The molecule has 4 nitrogen and oxygen atoms in total. The van der Waals surface area contributed by atoms with Gasteiger partial charge in [-0.15, -0.1) is 0 Å². The maximum atomic E-state index is 11.5. The van der Waals surface area contributed by atoms with Gasteiger partial charge in [0.05, 0.1) is 6.07 Å². The van der Waals surface area contributed by atoms with Gasteiger partial charge in [0, 0.05) is 25.3 Å². The Morgan fingerprint density at radius 1 is 1.53 bits per heavy atom. The zero-order valence-corrected chi connectivity index (χ0v) is 8.82. The number of nitrogens with one attached hydrogen (secondary N) is 1. The van der Waals surface area contributed by atoms with Gasteiger partial charge in [0.1, 0.15) is 6.54 Å². The predicted molar refractivity (Wildman–Crippen MR) is 58.7 cm³/mol. The Hall–Kier alpha value is -2.02. The summed E-state index contributed by atoms with van der Waals surface area (Å²) in [7, 11) is 3.82. The van der Waals surface area contributed by atoms with Crippen LogP contribution in [0.1, 0.15) is 10.4 Å². The van der Waals surface area contributed by atoms with Crippen molar-refractivity contribution >= 4 is 11.6 Å². The molecule has 1 aromatic carbocycles. The van der Waals surface area contributed by atoms with Gasteiger partial charge >= 0.3 is 0 Å². The van der Waals surface area contributed by atoms with E-state index < -0.39 is 0 Å². The number of anilines is 1. The predicted octanol–water partition coefficient (Wildman–Crippen LogP) is 1.01. The molecule has 0 spiro atoms. The molecule has 0 aliphatic carbocycles. The maximum Gasteiger partial charge on any atom is 0.252 e. The second-order valence-electron chi connectivity index (χ2n) is 3.29.